The van der Waals surface area contributed by atoms with Crippen LogP contribution in [0.25, 0.3) is 17.2 Å². The van der Waals surface area contributed by atoms with E-state index in [1.165, 1.54) is 40.7 Å². The number of benzene rings is 2. The average Bonchev–Trinajstić information content (AvgIpc) is 2.90. The molecule has 0 spiro atoms. The summed E-state index contributed by atoms with van der Waals surface area (Å²) in [6.07, 6.45) is 7.13. The zero-order chi connectivity index (χ0) is 13.9. The van der Waals surface area contributed by atoms with Gasteiger partial charge in [-0.3, -0.25) is 0 Å². The molecule has 0 fully saturated rings. The molecule has 0 bridgehead atoms. The Kier molecular flexibility index (Phi) is 3.73. The molecule has 102 valence electrons. The molecule has 0 radical (unpaired) electrons. The van der Waals surface area contributed by atoms with Crippen molar-refractivity contribution in [2.24, 2.45) is 0 Å². The van der Waals surface area contributed by atoms with Gasteiger partial charge in [0.25, 0.3) is 0 Å². The lowest BCUT2D eigenvalue weighted by molar-refractivity contribution is 0.886. The molecule has 0 amide bonds. The Morgan fingerprint density at radius 2 is 1.75 bits per heavy atom. The molecule has 0 saturated carbocycles. The minimum absolute atomic E-state index is 1.10. The Morgan fingerprint density at radius 3 is 2.45 bits per heavy atom. The quantitative estimate of drug-likeness (QED) is 0.667. The summed E-state index contributed by atoms with van der Waals surface area (Å²) in [6.45, 7) is 4.46. The Labute approximate surface area is 122 Å². The molecule has 20 heavy (non-hydrogen) atoms. The topological polar surface area (TPSA) is 0 Å². The SMILES string of the molecule is CCCC1=Cc2c(cccc2-c2ccc(CC)cc2)C1. The van der Waals surface area contributed by atoms with Crippen molar-refractivity contribution in [2.75, 3.05) is 0 Å². The summed E-state index contributed by atoms with van der Waals surface area (Å²) in [5.74, 6) is 0. The van der Waals surface area contributed by atoms with Gasteiger partial charge in [0.15, 0.2) is 0 Å². The maximum Gasteiger partial charge on any atom is -0.00576 e. The molecule has 3 rings (SSSR count). The van der Waals surface area contributed by atoms with Gasteiger partial charge in [-0.2, -0.15) is 0 Å². The summed E-state index contributed by atoms with van der Waals surface area (Å²) in [4.78, 5) is 0. The van der Waals surface area contributed by atoms with Crippen LogP contribution in [0.2, 0.25) is 0 Å². The molecule has 1 aliphatic carbocycles. The molecular formula is C20H22. The van der Waals surface area contributed by atoms with Gasteiger partial charge in [-0.25, -0.2) is 0 Å². The predicted molar refractivity (Wildman–Crippen MR) is 87.8 cm³/mol. The highest BCUT2D eigenvalue weighted by Gasteiger charge is 2.15. The highest BCUT2D eigenvalue weighted by molar-refractivity contribution is 5.80. The highest BCUT2D eigenvalue weighted by atomic mass is 14.2. The van der Waals surface area contributed by atoms with Crippen LogP contribution < -0.4 is 0 Å². The zero-order valence-corrected chi connectivity index (χ0v) is 12.4. The van der Waals surface area contributed by atoms with Gasteiger partial charge in [0.1, 0.15) is 0 Å². The van der Waals surface area contributed by atoms with E-state index in [-0.39, 0.29) is 0 Å². The van der Waals surface area contributed by atoms with Gasteiger partial charge in [0, 0.05) is 0 Å². The van der Waals surface area contributed by atoms with E-state index in [2.05, 4.69) is 62.4 Å². The second kappa shape index (κ2) is 5.66. The predicted octanol–water partition coefficient (Wildman–Crippen LogP) is 5.66. The third-order valence-corrected chi connectivity index (χ3v) is 4.21. The summed E-state index contributed by atoms with van der Waals surface area (Å²) in [5.41, 5.74) is 8.65. The third kappa shape index (κ3) is 2.43. The van der Waals surface area contributed by atoms with Crippen LogP contribution in [-0.2, 0) is 12.8 Å². The summed E-state index contributed by atoms with van der Waals surface area (Å²) >= 11 is 0. The van der Waals surface area contributed by atoms with Crippen molar-refractivity contribution in [3.63, 3.8) is 0 Å². The van der Waals surface area contributed by atoms with E-state index >= 15 is 0 Å². The van der Waals surface area contributed by atoms with Crippen molar-refractivity contribution in [1.82, 2.24) is 0 Å². The van der Waals surface area contributed by atoms with Crippen LogP contribution in [0, 0.1) is 0 Å². The van der Waals surface area contributed by atoms with E-state index in [0.29, 0.717) is 0 Å². The molecule has 1 aliphatic rings. The second-order valence-corrected chi connectivity index (χ2v) is 5.66. The standard InChI is InChI=1S/C20H22/c1-3-6-16-13-18-7-5-8-19(20(18)14-16)17-11-9-15(4-2)10-12-17/h5,7-12,14H,3-4,6,13H2,1-2H3. The van der Waals surface area contributed by atoms with E-state index in [4.69, 9.17) is 0 Å². The number of aryl methyl sites for hydroxylation is 1. The van der Waals surface area contributed by atoms with Gasteiger partial charge >= 0.3 is 0 Å². The first kappa shape index (κ1) is 13.2. The van der Waals surface area contributed by atoms with Crippen LogP contribution in [-0.4, -0.2) is 0 Å². The molecule has 0 N–H and O–H groups in total. The lowest BCUT2D eigenvalue weighted by Crippen LogP contribution is -1.88. The summed E-state index contributed by atoms with van der Waals surface area (Å²) in [5, 5.41) is 0. The Morgan fingerprint density at radius 1 is 0.950 bits per heavy atom. The fourth-order valence-electron chi connectivity index (χ4n) is 3.09. The van der Waals surface area contributed by atoms with Crippen LogP contribution in [0.1, 0.15) is 43.4 Å². The first-order valence-electron chi connectivity index (χ1n) is 7.72. The Balaban J connectivity index is 2.01. The fourth-order valence-corrected chi connectivity index (χ4v) is 3.09. The minimum Gasteiger partial charge on any atom is -0.0652 e. The molecule has 0 saturated heterocycles. The average molecular weight is 262 g/mol. The van der Waals surface area contributed by atoms with E-state index in [9.17, 15) is 0 Å². The normalized spacial score (nSPS) is 13.2. The maximum absolute atomic E-state index is 2.42. The van der Waals surface area contributed by atoms with Gasteiger partial charge < -0.3 is 0 Å². The molecule has 0 aliphatic heterocycles. The summed E-state index contributed by atoms with van der Waals surface area (Å²) in [6, 6.07) is 15.8. The third-order valence-electron chi connectivity index (χ3n) is 4.21. The van der Waals surface area contributed by atoms with Crippen LogP contribution in [0.15, 0.2) is 48.0 Å². The molecule has 0 unspecified atom stereocenters. The summed E-state index contributed by atoms with van der Waals surface area (Å²) < 4.78 is 0. The van der Waals surface area contributed by atoms with Gasteiger partial charge in [-0.1, -0.05) is 74.4 Å². The van der Waals surface area contributed by atoms with Gasteiger partial charge in [-0.05, 0) is 47.1 Å². The zero-order valence-electron chi connectivity index (χ0n) is 12.4. The van der Waals surface area contributed by atoms with Crippen molar-refractivity contribution in [1.29, 1.82) is 0 Å². The summed E-state index contributed by atoms with van der Waals surface area (Å²) in [7, 11) is 0. The molecule has 0 atom stereocenters. The molecular weight excluding hydrogens is 240 g/mol. The largest absolute Gasteiger partial charge is 0.0652 e. The van der Waals surface area contributed by atoms with Crippen molar-refractivity contribution >= 4 is 6.08 Å². The van der Waals surface area contributed by atoms with E-state index in [1.807, 2.05) is 0 Å². The van der Waals surface area contributed by atoms with E-state index in [0.717, 1.165) is 12.8 Å². The Bertz CT molecular complexity index is 630. The van der Waals surface area contributed by atoms with E-state index in [1.54, 1.807) is 5.57 Å². The van der Waals surface area contributed by atoms with Crippen molar-refractivity contribution in [3.05, 3.63) is 64.7 Å². The number of fused-ring (bicyclic) bond motifs is 1. The minimum atomic E-state index is 1.10. The first-order chi connectivity index (χ1) is 9.81. The lowest BCUT2D eigenvalue weighted by atomic mass is 9.96. The van der Waals surface area contributed by atoms with Gasteiger partial charge in [0.2, 0.25) is 0 Å². The molecule has 2 aromatic carbocycles. The molecule has 2 aromatic rings. The second-order valence-electron chi connectivity index (χ2n) is 5.66. The van der Waals surface area contributed by atoms with Crippen LogP contribution in [0.5, 0.6) is 0 Å². The van der Waals surface area contributed by atoms with Crippen molar-refractivity contribution in [2.45, 2.75) is 39.5 Å². The molecule has 0 aromatic heterocycles. The first-order valence-corrected chi connectivity index (χ1v) is 7.72. The highest BCUT2D eigenvalue weighted by Crippen LogP contribution is 2.35. The smallest absolute Gasteiger partial charge is 0.00576 e. The monoisotopic (exact) mass is 262 g/mol. The van der Waals surface area contributed by atoms with Crippen molar-refractivity contribution < 1.29 is 0 Å². The lowest BCUT2D eigenvalue weighted by Gasteiger charge is -2.08. The van der Waals surface area contributed by atoms with Gasteiger partial charge in [-0.15, -0.1) is 0 Å². The number of allylic oxidation sites excluding steroid dienone is 1. The van der Waals surface area contributed by atoms with Crippen LogP contribution in [0.3, 0.4) is 0 Å². The van der Waals surface area contributed by atoms with Crippen molar-refractivity contribution in [3.8, 4) is 11.1 Å². The van der Waals surface area contributed by atoms with Gasteiger partial charge in [0.05, 0.1) is 0 Å². The molecule has 0 heterocycles. The number of hydrogen-bond acceptors (Lipinski definition) is 0. The number of hydrogen-bond donors (Lipinski definition) is 0. The maximum atomic E-state index is 2.42. The number of rotatable bonds is 4. The fraction of sp³-hybridized carbons (Fsp3) is 0.300. The van der Waals surface area contributed by atoms with Crippen LogP contribution >= 0.6 is 0 Å². The molecule has 0 nitrogen and oxygen atoms in total. The Hall–Kier alpha value is -1.82. The molecule has 0 heteroatoms. The van der Waals surface area contributed by atoms with E-state index < -0.39 is 0 Å². The van der Waals surface area contributed by atoms with Crippen LogP contribution in [0.4, 0.5) is 0 Å².